The maximum absolute atomic E-state index is 12.7. The molecule has 0 aliphatic carbocycles. The van der Waals surface area contributed by atoms with E-state index >= 15 is 0 Å². The maximum atomic E-state index is 12.7. The molecule has 0 bridgehead atoms. The van der Waals surface area contributed by atoms with Crippen molar-refractivity contribution in [1.29, 1.82) is 0 Å². The number of rotatable bonds is 12. The molecule has 6 heteroatoms. The van der Waals surface area contributed by atoms with E-state index in [4.69, 9.17) is 0 Å². The van der Waals surface area contributed by atoms with Crippen LogP contribution >= 0.6 is 0 Å². The van der Waals surface area contributed by atoms with Crippen LogP contribution in [0.2, 0.25) is 0 Å². The summed E-state index contributed by atoms with van der Waals surface area (Å²) in [6, 6.07) is 0. The molecule has 1 aromatic rings. The molecule has 0 aliphatic heterocycles. The van der Waals surface area contributed by atoms with Gasteiger partial charge in [-0.25, -0.2) is 28.1 Å². The second kappa shape index (κ2) is 12.9. The number of hydrogen-bond donors (Lipinski definition) is 0. The van der Waals surface area contributed by atoms with Gasteiger partial charge in [0.05, 0.1) is 0 Å². The number of nitrogens with zero attached hydrogens (tertiary/aromatic N) is 3. The molecule has 27 heavy (non-hydrogen) atoms. The second-order valence-corrected chi connectivity index (χ2v) is 6.54. The average Bonchev–Trinajstić information content (AvgIpc) is 2.66. The zero-order valence-electron chi connectivity index (χ0n) is 16.9. The molecule has 0 saturated heterocycles. The first kappa shape index (κ1) is 22.7. The van der Waals surface area contributed by atoms with Crippen molar-refractivity contribution in [3.8, 4) is 0 Å². The van der Waals surface area contributed by atoms with E-state index in [2.05, 4.69) is 20.8 Å². The van der Waals surface area contributed by atoms with Gasteiger partial charge in [0.2, 0.25) is 0 Å². The van der Waals surface area contributed by atoms with Crippen LogP contribution in [0.4, 0.5) is 0 Å². The van der Waals surface area contributed by atoms with Crippen LogP contribution < -0.4 is 17.1 Å². The normalized spacial score (nSPS) is 12.1. The Labute approximate surface area is 161 Å². The van der Waals surface area contributed by atoms with Gasteiger partial charge in [-0.15, -0.1) is 0 Å². The van der Waals surface area contributed by atoms with Crippen molar-refractivity contribution in [1.82, 2.24) is 13.7 Å². The Kier molecular flexibility index (Phi) is 10.8. The van der Waals surface area contributed by atoms with Crippen LogP contribution in [0.3, 0.4) is 0 Å². The molecule has 1 rings (SSSR count). The molecular weight excluding hydrogens is 342 g/mol. The lowest BCUT2D eigenvalue weighted by atomic mass is 10.2. The van der Waals surface area contributed by atoms with E-state index < -0.39 is 17.1 Å². The van der Waals surface area contributed by atoms with Crippen LogP contribution in [0, 0.1) is 0 Å². The second-order valence-electron chi connectivity index (χ2n) is 6.54. The van der Waals surface area contributed by atoms with Gasteiger partial charge in [0.1, 0.15) is 0 Å². The summed E-state index contributed by atoms with van der Waals surface area (Å²) < 4.78 is 3.02. The predicted octanol–water partition coefficient (Wildman–Crippen LogP) is 4.15. The van der Waals surface area contributed by atoms with Crippen molar-refractivity contribution in [2.45, 2.75) is 78.6 Å². The number of allylic oxidation sites excluding steroid dienone is 3. The van der Waals surface area contributed by atoms with Gasteiger partial charge in [-0.3, -0.25) is 0 Å². The van der Waals surface area contributed by atoms with Crippen molar-refractivity contribution >= 4 is 18.6 Å². The third kappa shape index (κ3) is 7.04. The van der Waals surface area contributed by atoms with E-state index in [1.54, 1.807) is 18.2 Å². The van der Waals surface area contributed by atoms with Gasteiger partial charge in [0.25, 0.3) is 0 Å². The first-order valence-electron chi connectivity index (χ1n) is 10.1. The van der Waals surface area contributed by atoms with Crippen molar-refractivity contribution < 1.29 is 0 Å². The van der Waals surface area contributed by atoms with Crippen LogP contribution in [0.15, 0.2) is 32.6 Å². The third-order valence-electron chi connectivity index (χ3n) is 4.17. The molecule has 0 radical (unpaired) electrons. The fourth-order valence-corrected chi connectivity index (χ4v) is 2.48. The summed E-state index contributed by atoms with van der Waals surface area (Å²) in [5.41, 5.74) is -1.91. The zero-order chi connectivity index (χ0) is 20.1. The highest BCUT2D eigenvalue weighted by Gasteiger charge is 2.10. The lowest BCUT2D eigenvalue weighted by Crippen LogP contribution is -2.50. The summed E-state index contributed by atoms with van der Waals surface area (Å²) >= 11 is 0. The largest absolute Gasteiger partial charge is 0.344 e. The molecule has 1 heterocycles. The SMILES string of the molecule is CCCCC=Cn1c(=O)n(C=CCCCC)c(=O)n(C=CCCCC)c1=O. The molecule has 0 unspecified atom stereocenters. The smallest absolute Gasteiger partial charge is 0.247 e. The molecule has 0 saturated carbocycles. The van der Waals surface area contributed by atoms with Gasteiger partial charge in [0, 0.05) is 18.6 Å². The molecule has 0 atom stereocenters. The van der Waals surface area contributed by atoms with Crippen LogP contribution in [0.1, 0.15) is 78.6 Å². The Morgan fingerprint density at radius 3 is 1.04 bits per heavy atom. The fourth-order valence-electron chi connectivity index (χ4n) is 2.48. The summed E-state index contributed by atoms with van der Waals surface area (Å²) in [7, 11) is 0. The molecule has 0 aromatic carbocycles. The topological polar surface area (TPSA) is 66.0 Å². The minimum absolute atomic E-state index is 0.635. The highest BCUT2D eigenvalue weighted by Crippen LogP contribution is 1.97. The van der Waals surface area contributed by atoms with Crippen LogP contribution in [0.25, 0.3) is 18.6 Å². The molecule has 1 aromatic heterocycles. The minimum Gasteiger partial charge on any atom is -0.247 e. The first-order valence-corrected chi connectivity index (χ1v) is 10.1. The molecule has 0 N–H and O–H groups in total. The standard InChI is InChI=1S/C21H33N3O3/c1-4-7-10-13-16-22-19(25)23(17-14-11-8-5-2)21(27)24(20(22)26)18-15-12-9-6-3/h13-18H,4-12H2,1-3H3. The Bertz CT molecular complexity index is 683. The maximum Gasteiger partial charge on any atom is 0.344 e. The monoisotopic (exact) mass is 375 g/mol. The van der Waals surface area contributed by atoms with Gasteiger partial charge < -0.3 is 0 Å². The van der Waals surface area contributed by atoms with E-state index in [-0.39, 0.29) is 0 Å². The zero-order valence-corrected chi connectivity index (χ0v) is 16.9. The van der Waals surface area contributed by atoms with Crippen LogP contribution in [-0.4, -0.2) is 13.7 Å². The van der Waals surface area contributed by atoms with Crippen molar-refractivity contribution in [2.24, 2.45) is 0 Å². The van der Waals surface area contributed by atoms with Crippen molar-refractivity contribution in [3.63, 3.8) is 0 Å². The van der Waals surface area contributed by atoms with E-state index in [9.17, 15) is 14.4 Å². The van der Waals surface area contributed by atoms with Crippen molar-refractivity contribution in [3.05, 3.63) is 49.7 Å². The van der Waals surface area contributed by atoms with Gasteiger partial charge in [0.15, 0.2) is 0 Å². The van der Waals surface area contributed by atoms with Gasteiger partial charge in [-0.2, -0.15) is 0 Å². The Balaban J connectivity index is 3.39. The summed E-state index contributed by atoms with van der Waals surface area (Å²) in [6.45, 7) is 6.24. The Hall–Kier alpha value is -2.37. The fraction of sp³-hybridized carbons (Fsp3) is 0.571. The first-order chi connectivity index (χ1) is 13.1. The summed E-state index contributed by atoms with van der Waals surface area (Å²) in [6.07, 6.45) is 18.2. The van der Waals surface area contributed by atoms with E-state index in [0.29, 0.717) is 0 Å². The summed E-state index contributed by atoms with van der Waals surface area (Å²) in [5, 5.41) is 0. The molecule has 0 fully saturated rings. The van der Waals surface area contributed by atoms with Gasteiger partial charge in [-0.05, 0) is 19.3 Å². The molecular formula is C21H33N3O3. The summed E-state index contributed by atoms with van der Waals surface area (Å²) in [4.78, 5) is 38.0. The predicted molar refractivity (Wildman–Crippen MR) is 114 cm³/mol. The van der Waals surface area contributed by atoms with Crippen LogP contribution in [0.5, 0.6) is 0 Å². The molecule has 0 aliphatic rings. The number of hydrogen-bond acceptors (Lipinski definition) is 3. The summed E-state index contributed by atoms with van der Waals surface area (Å²) in [5.74, 6) is 0. The lowest BCUT2D eigenvalue weighted by molar-refractivity contribution is 0.702. The van der Waals surface area contributed by atoms with Crippen LogP contribution in [-0.2, 0) is 0 Å². The lowest BCUT2D eigenvalue weighted by Gasteiger charge is -2.06. The number of aromatic nitrogens is 3. The average molecular weight is 376 g/mol. The Morgan fingerprint density at radius 1 is 0.556 bits per heavy atom. The van der Waals surface area contributed by atoms with Gasteiger partial charge >= 0.3 is 17.1 Å². The minimum atomic E-state index is -0.635. The Morgan fingerprint density at radius 2 is 0.815 bits per heavy atom. The highest BCUT2D eigenvalue weighted by molar-refractivity contribution is 5.29. The molecule has 6 nitrogen and oxygen atoms in total. The van der Waals surface area contributed by atoms with Crippen molar-refractivity contribution in [2.75, 3.05) is 0 Å². The van der Waals surface area contributed by atoms with E-state index in [1.807, 2.05) is 0 Å². The third-order valence-corrected chi connectivity index (χ3v) is 4.17. The van der Waals surface area contributed by atoms with E-state index in [1.165, 1.54) is 18.6 Å². The number of unbranched alkanes of at least 4 members (excludes halogenated alkanes) is 6. The quantitative estimate of drug-likeness (QED) is 0.515. The van der Waals surface area contributed by atoms with E-state index in [0.717, 1.165) is 71.5 Å². The van der Waals surface area contributed by atoms with Gasteiger partial charge in [-0.1, -0.05) is 77.5 Å². The molecule has 0 amide bonds. The highest BCUT2D eigenvalue weighted by atomic mass is 16.2. The molecule has 0 spiro atoms. The molecule has 150 valence electrons.